The molecule has 0 aliphatic heterocycles. The minimum Gasteiger partial charge on any atom is -0.147 e. The normalized spacial score (nSPS) is 9.63. The minimum absolute atomic E-state index is 0. The van der Waals surface area contributed by atoms with Gasteiger partial charge in [-0.3, -0.25) is 0 Å². The fraction of sp³-hybridized carbons (Fsp3) is 0.190. The zero-order valence-corrected chi connectivity index (χ0v) is 19.8. The van der Waals surface area contributed by atoms with Crippen molar-refractivity contribution in [2.45, 2.75) is 27.7 Å². The van der Waals surface area contributed by atoms with Gasteiger partial charge in [0.05, 0.1) is 0 Å². The second-order valence-corrected chi connectivity index (χ2v) is 9.28. The molecular formula is C21H24Cl2O2STi. The maximum atomic E-state index is 6.36. The molecule has 6 heteroatoms. The maximum absolute atomic E-state index is 6.36. The Morgan fingerprint density at radius 3 is 1.70 bits per heavy atom. The molecule has 0 aliphatic carbocycles. The monoisotopic (exact) mass is 458 g/mol. The summed E-state index contributed by atoms with van der Waals surface area (Å²) in [6, 6.07) is 16.7. The Morgan fingerprint density at radius 1 is 0.778 bits per heavy atom. The van der Waals surface area contributed by atoms with Crippen molar-refractivity contribution in [2.24, 2.45) is 0 Å². The van der Waals surface area contributed by atoms with Crippen LogP contribution in [0.15, 0.2) is 53.9 Å². The molecule has 0 aliphatic rings. The van der Waals surface area contributed by atoms with Crippen LogP contribution in [0.3, 0.4) is 0 Å². The van der Waals surface area contributed by atoms with E-state index in [4.69, 9.17) is 6.64 Å². The number of hydrogen-bond donors (Lipinski definition) is 0. The fourth-order valence-corrected chi connectivity index (χ4v) is 6.02. The number of halogens is 2. The van der Waals surface area contributed by atoms with E-state index in [0.29, 0.717) is 0 Å². The first-order valence-corrected chi connectivity index (χ1v) is 11.3. The Balaban J connectivity index is 0.00000182. The summed E-state index contributed by atoms with van der Waals surface area (Å²) in [5, 5.41) is 2.08. The largest absolute Gasteiger partial charge is 0.147 e. The van der Waals surface area contributed by atoms with Crippen molar-refractivity contribution >= 4 is 40.5 Å². The van der Waals surface area contributed by atoms with Gasteiger partial charge in [-0.15, -0.1) is 24.8 Å². The van der Waals surface area contributed by atoms with Crippen molar-refractivity contribution in [2.75, 3.05) is 0 Å². The van der Waals surface area contributed by atoms with Crippen molar-refractivity contribution in [1.82, 2.24) is 0 Å². The van der Waals surface area contributed by atoms with E-state index in [1.807, 2.05) is 12.1 Å². The van der Waals surface area contributed by atoms with Crippen LogP contribution in [-0.2, 0) is 18.2 Å². The minimum atomic E-state index is -2.40. The topological polar surface area (TPSA) is 18.5 Å². The van der Waals surface area contributed by atoms with Gasteiger partial charge in [0.15, 0.2) is 0 Å². The number of benzene rings is 2. The van der Waals surface area contributed by atoms with E-state index in [2.05, 4.69) is 73.8 Å². The third-order valence-electron chi connectivity index (χ3n) is 3.89. The SMILES string of the molecule is Cc1ccc([O][Ti](=[CH]c2cccs2)[O]c2ccc(C)cc2C)c(C)c1.Cl.Cl. The van der Waals surface area contributed by atoms with Crippen LogP contribution >= 0.6 is 36.2 Å². The van der Waals surface area contributed by atoms with Crippen LogP contribution < -0.4 is 6.64 Å². The molecule has 0 spiro atoms. The average Bonchev–Trinajstić information content (AvgIpc) is 3.05. The first-order chi connectivity index (χ1) is 12.0. The fourth-order valence-electron chi connectivity index (χ4n) is 2.61. The van der Waals surface area contributed by atoms with Crippen LogP contribution in [-0.4, -0.2) is 4.31 Å². The first-order valence-electron chi connectivity index (χ1n) is 8.27. The molecule has 0 saturated heterocycles. The van der Waals surface area contributed by atoms with Crippen LogP contribution in [0, 0.1) is 27.7 Å². The van der Waals surface area contributed by atoms with Crippen LogP contribution in [0.25, 0.3) is 0 Å². The maximum Gasteiger partial charge on any atom is -0.147 e. The molecule has 0 amide bonds. The molecule has 0 saturated carbocycles. The standard InChI is InChI=1S/2C8H10O.C5H4S.2ClH.Ti/c2*1-6-3-4-8(9)7(2)5-6;1-5-3-2-4-6-5;;;/h2*3-5,9H,1-2H3;1-4H;2*1H;/q;;;;;+2/p-2. The molecule has 0 fully saturated rings. The molecule has 1 aromatic heterocycles. The van der Waals surface area contributed by atoms with Gasteiger partial charge in [0.25, 0.3) is 0 Å². The molecule has 0 unspecified atom stereocenters. The second kappa shape index (κ2) is 11.0. The Kier molecular flexibility index (Phi) is 9.79. The predicted octanol–water partition coefficient (Wildman–Crippen LogP) is 6.58. The molecule has 0 bridgehead atoms. The summed E-state index contributed by atoms with van der Waals surface area (Å²) in [5.74, 6) is 1.83. The van der Waals surface area contributed by atoms with E-state index < -0.39 is 18.2 Å². The van der Waals surface area contributed by atoms with Crippen LogP contribution in [0.4, 0.5) is 0 Å². The van der Waals surface area contributed by atoms with Crippen LogP contribution in [0.5, 0.6) is 11.5 Å². The van der Waals surface area contributed by atoms with Crippen LogP contribution in [0.1, 0.15) is 27.1 Å². The number of rotatable bonds is 5. The van der Waals surface area contributed by atoms with Gasteiger partial charge >= 0.3 is 161 Å². The van der Waals surface area contributed by atoms with Gasteiger partial charge in [-0.2, -0.15) is 0 Å². The number of thiophene rings is 1. The molecule has 2 nitrogen and oxygen atoms in total. The van der Waals surface area contributed by atoms with Gasteiger partial charge < -0.3 is 0 Å². The molecule has 2 aromatic carbocycles. The summed E-state index contributed by atoms with van der Waals surface area (Å²) in [4.78, 5) is 1.20. The Labute approximate surface area is 184 Å². The molecule has 0 atom stereocenters. The van der Waals surface area contributed by atoms with E-state index >= 15 is 0 Å². The van der Waals surface area contributed by atoms with E-state index in [0.717, 1.165) is 22.6 Å². The van der Waals surface area contributed by atoms with Gasteiger partial charge in [0, 0.05) is 0 Å². The summed E-state index contributed by atoms with van der Waals surface area (Å²) in [6.07, 6.45) is 0. The number of aryl methyl sites for hydroxylation is 4. The Bertz CT molecular complexity index is 853. The zero-order valence-electron chi connectivity index (χ0n) is 15.8. The smallest absolute Gasteiger partial charge is 0.147 e. The van der Waals surface area contributed by atoms with Crippen molar-refractivity contribution in [3.05, 3.63) is 81.0 Å². The first kappa shape index (κ1) is 23.9. The van der Waals surface area contributed by atoms with Gasteiger partial charge in [0.2, 0.25) is 0 Å². The van der Waals surface area contributed by atoms with Crippen molar-refractivity contribution in [1.29, 1.82) is 0 Å². The van der Waals surface area contributed by atoms with E-state index in [9.17, 15) is 0 Å². The molecule has 0 radical (unpaired) electrons. The van der Waals surface area contributed by atoms with Crippen LogP contribution in [0.2, 0.25) is 0 Å². The summed E-state index contributed by atoms with van der Waals surface area (Å²) < 4.78 is 14.9. The van der Waals surface area contributed by atoms with E-state index in [1.54, 1.807) is 11.3 Å². The second-order valence-electron chi connectivity index (χ2n) is 6.22. The Morgan fingerprint density at radius 2 is 1.30 bits per heavy atom. The van der Waals surface area contributed by atoms with Gasteiger partial charge in [-0.05, 0) is 0 Å². The predicted molar refractivity (Wildman–Crippen MR) is 117 cm³/mol. The van der Waals surface area contributed by atoms with E-state index in [1.165, 1.54) is 16.0 Å². The quantitative estimate of drug-likeness (QED) is 0.402. The Hall–Kier alpha value is -1.10. The molecule has 27 heavy (non-hydrogen) atoms. The average molecular weight is 459 g/mol. The third kappa shape index (κ3) is 6.78. The van der Waals surface area contributed by atoms with E-state index in [-0.39, 0.29) is 24.8 Å². The summed E-state index contributed by atoms with van der Waals surface area (Å²) in [7, 11) is 0. The van der Waals surface area contributed by atoms with Gasteiger partial charge in [-0.1, -0.05) is 0 Å². The molecule has 1 heterocycles. The molecule has 3 aromatic rings. The van der Waals surface area contributed by atoms with Gasteiger partial charge in [0.1, 0.15) is 0 Å². The summed E-state index contributed by atoms with van der Waals surface area (Å²) in [5.41, 5.74) is 4.77. The van der Waals surface area contributed by atoms with Gasteiger partial charge in [-0.25, -0.2) is 0 Å². The summed E-state index contributed by atoms with van der Waals surface area (Å²) in [6.45, 7) is 8.36. The molecule has 144 valence electrons. The molecule has 3 rings (SSSR count). The molecular weight excluding hydrogens is 435 g/mol. The summed E-state index contributed by atoms with van der Waals surface area (Å²) >= 11 is -0.689. The zero-order chi connectivity index (χ0) is 17.8. The molecule has 0 N–H and O–H groups in total. The number of hydrogen-bond acceptors (Lipinski definition) is 3. The van der Waals surface area contributed by atoms with Crippen molar-refractivity contribution in [3.63, 3.8) is 0 Å². The third-order valence-corrected chi connectivity index (χ3v) is 7.20. The van der Waals surface area contributed by atoms with Crippen molar-refractivity contribution in [3.8, 4) is 11.5 Å². The van der Waals surface area contributed by atoms with Crippen molar-refractivity contribution < 1.29 is 24.8 Å².